The van der Waals surface area contributed by atoms with Gasteiger partial charge in [0, 0.05) is 12.8 Å². The molecule has 80 heavy (non-hydrogen) atoms. The molecule has 0 bridgehead atoms. The standard InChI is InChI=1S/C71H129NO8/c1-6-8-10-12-14-16-18-20-22-24-25-26-27-28-29-30-31-32-33-34-35-36-37-38-39-40-41-42-43-44-45-46-48-50-52-54-56-58-60-62-69(74)80-67(66-79-71(70(75)76)77-64-63-72(3,4)5)65-78-68(73)61-59-57-55-53-51-49-47-23-21-19-17-15-13-11-9-7-2/h17-20,23-25,27-28,47,67,71H,6-16,21-22,26,29-46,48-66H2,1-5H3/p+1/b19-17-,20-18-,25-24-,28-27-,47-23-. The maximum Gasteiger partial charge on any atom is 0.361 e. The third-order valence-corrected chi connectivity index (χ3v) is 15.0. The molecular formula is C71H130NO8+. The number of allylic oxidation sites excluding steroid dienone is 10. The Balaban J connectivity index is 3.98. The minimum absolute atomic E-state index is 0.186. The van der Waals surface area contributed by atoms with Crippen molar-refractivity contribution in [3.63, 3.8) is 0 Å². The molecule has 0 spiro atoms. The van der Waals surface area contributed by atoms with E-state index in [1.165, 1.54) is 212 Å². The fourth-order valence-electron chi connectivity index (χ4n) is 9.76. The van der Waals surface area contributed by atoms with E-state index in [2.05, 4.69) is 74.6 Å². The number of carboxylic acids is 1. The van der Waals surface area contributed by atoms with E-state index >= 15 is 0 Å². The Kier molecular flexibility index (Phi) is 59.7. The number of rotatable bonds is 63. The lowest BCUT2D eigenvalue weighted by atomic mass is 10.0. The highest BCUT2D eigenvalue weighted by atomic mass is 16.7. The first kappa shape index (κ1) is 77.0. The van der Waals surface area contributed by atoms with Gasteiger partial charge in [-0.3, -0.25) is 9.59 Å². The first-order valence-electron chi connectivity index (χ1n) is 34.0. The Morgan fingerprint density at radius 1 is 0.375 bits per heavy atom. The van der Waals surface area contributed by atoms with Gasteiger partial charge in [0.1, 0.15) is 13.2 Å². The van der Waals surface area contributed by atoms with Gasteiger partial charge in [0.25, 0.3) is 6.29 Å². The van der Waals surface area contributed by atoms with E-state index < -0.39 is 24.3 Å². The van der Waals surface area contributed by atoms with Gasteiger partial charge >= 0.3 is 17.9 Å². The highest BCUT2D eigenvalue weighted by Crippen LogP contribution is 2.18. The molecule has 0 aliphatic heterocycles. The number of quaternary nitrogens is 1. The van der Waals surface area contributed by atoms with Crippen molar-refractivity contribution in [2.75, 3.05) is 47.5 Å². The molecule has 0 rings (SSSR count). The molecule has 9 heteroatoms. The van der Waals surface area contributed by atoms with Crippen molar-refractivity contribution in [3.8, 4) is 0 Å². The summed E-state index contributed by atoms with van der Waals surface area (Å²) >= 11 is 0. The molecule has 0 amide bonds. The maximum absolute atomic E-state index is 12.9. The summed E-state index contributed by atoms with van der Waals surface area (Å²) in [6, 6.07) is 0. The predicted octanol–water partition coefficient (Wildman–Crippen LogP) is 20.7. The van der Waals surface area contributed by atoms with Crippen LogP contribution in [0.3, 0.4) is 0 Å². The van der Waals surface area contributed by atoms with E-state index in [-0.39, 0.29) is 38.6 Å². The maximum atomic E-state index is 12.9. The molecule has 0 radical (unpaired) electrons. The Bertz CT molecular complexity index is 1500. The van der Waals surface area contributed by atoms with Crippen molar-refractivity contribution < 1.29 is 42.9 Å². The lowest BCUT2D eigenvalue weighted by Crippen LogP contribution is -2.40. The van der Waals surface area contributed by atoms with Gasteiger partial charge in [-0.2, -0.15) is 0 Å². The van der Waals surface area contributed by atoms with Gasteiger partial charge in [-0.15, -0.1) is 0 Å². The number of ether oxygens (including phenoxy) is 4. The number of esters is 2. The molecule has 0 saturated carbocycles. The number of carbonyl (C=O) groups excluding carboxylic acids is 2. The molecule has 0 aliphatic carbocycles. The average molecular weight is 1130 g/mol. The van der Waals surface area contributed by atoms with Crippen LogP contribution in [0.25, 0.3) is 0 Å². The van der Waals surface area contributed by atoms with Gasteiger partial charge in [0.05, 0.1) is 34.4 Å². The van der Waals surface area contributed by atoms with Crippen LogP contribution >= 0.6 is 0 Å². The van der Waals surface area contributed by atoms with Crippen molar-refractivity contribution in [3.05, 3.63) is 60.8 Å². The zero-order valence-corrected chi connectivity index (χ0v) is 53.2. The highest BCUT2D eigenvalue weighted by Gasteiger charge is 2.25. The zero-order valence-electron chi connectivity index (χ0n) is 53.2. The second-order valence-corrected chi connectivity index (χ2v) is 24.1. The van der Waals surface area contributed by atoms with Crippen LogP contribution in [0.1, 0.15) is 316 Å². The predicted molar refractivity (Wildman–Crippen MR) is 341 cm³/mol. The van der Waals surface area contributed by atoms with Gasteiger partial charge in [-0.05, 0) is 83.5 Å². The molecule has 0 aromatic heterocycles. The van der Waals surface area contributed by atoms with E-state index in [1.54, 1.807) is 0 Å². The SMILES string of the molecule is CCCCCC/C=C\C/C=C\CCCCCCCC(=O)OCC(COC(OCC[N+](C)(C)C)C(=O)O)OC(=O)CCCCCCCCCCCCCCCCCCCCCCCCCC/C=C\C/C=C\C/C=C\CCCCCCC. The topological polar surface area (TPSA) is 108 Å². The molecule has 0 aliphatic rings. The molecule has 0 fully saturated rings. The van der Waals surface area contributed by atoms with Crippen molar-refractivity contribution in [2.24, 2.45) is 0 Å². The largest absolute Gasteiger partial charge is 0.477 e. The smallest absolute Gasteiger partial charge is 0.361 e. The molecule has 0 aromatic carbocycles. The second kappa shape index (κ2) is 62.0. The van der Waals surface area contributed by atoms with Gasteiger partial charge in [-0.25, -0.2) is 4.79 Å². The first-order valence-corrected chi connectivity index (χ1v) is 34.0. The number of carboxylic acid groups (broad SMARTS) is 1. The molecular weight excluding hydrogens is 995 g/mol. The summed E-state index contributed by atoms with van der Waals surface area (Å²) in [4.78, 5) is 37.5. The number of likely N-dealkylation sites (N-methyl/N-ethyl adjacent to an activating group) is 1. The van der Waals surface area contributed by atoms with E-state index in [0.717, 1.165) is 77.0 Å². The van der Waals surface area contributed by atoms with Crippen LogP contribution in [0.15, 0.2) is 60.8 Å². The lowest BCUT2D eigenvalue weighted by molar-refractivity contribution is -0.870. The van der Waals surface area contributed by atoms with Gasteiger partial charge in [-0.1, -0.05) is 280 Å². The number of nitrogens with zero attached hydrogens (tertiary/aromatic N) is 1. The average Bonchev–Trinajstić information content (AvgIpc) is 3.43. The third kappa shape index (κ3) is 62.6. The summed E-state index contributed by atoms with van der Waals surface area (Å²) in [6.07, 6.45) is 77.7. The van der Waals surface area contributed by atoms with Crippen LogP contribution in [0, 0.1) is 0 Å². The van der Waals surface area contributed by atoms with Crippen molar-refractivity contribution >= 4 is 17.9 Å². The summed E-state index contributed by atoms with van der Waals surface area (Å²) in [6.45, 7) is 4.86. The molecule has 0 saturated heterocycles. The Labute approximate surface area is 495 Å². The minimum Gasteiger partial charge on any atom is -0.477 e. The third-order valence-electron chi connectivity index (χ3n) is 15.0. The Morgan fingerprint density at radius 3 is 1.01 bits per heavy atom. The van der Waals surface area contributed by atoms with E-state index in [1.807, 2.05) is 21.1 Å². The summed E-state index contributed by atoms with van der Waals surface area (Å²) in [5.74, 6) is -2.01. The molecule has 2 unspecified atom stereocenters. The summed E-state index contributed by atoms with van der Waals surface area (Å²) in [7, 11) is 5.97. The first-order chi connectivity index (χ1) is 39.1. The van der Waals surface area contributed by atoms with Gasteiger partial charge < -0.3 is 28.5 Å². The number of aliphatic carboxylic acids is 1. The number of hydrogen-bond acceptors (Lipinski definition) is 7. The Morgan fingerprint density at radius 2 is 0.675 bits per heavy atom. The van der Waals surface area contributed by atoms with Gasteiger partial charge in [0.2, 0.25) is 0 Å². The summed E-state index contributed by atoms with van der Waals surface area (Å²) in [5.41, 5.74) is 0. The summed E-state index contributed by atoms with van der Waals surface area (Å²) in [5, 5.41) is 9.72. The molecule has 1 N–H and O–H groups in total. The van der Waals surface area contributed by atoms with Crippen LogP contribution in [0.5, 0.6) is 0 Å². The number of hydrogen-bond donors (Lipinski definition) is 1. The molecule has 2 atom stereocenters. The van der Waals surface area contributed by atoms with Gasteiger partial charge in [0.15, 0.2) is 6.10 Å². The molecule has 9 nitrogen and oxygen atoms in total. The number of carbonyl (C=O) groups is 3. The fraction of sp³-hybridized carbons (Fsp3) is 0.817. The zero-order chi connectivity index (χ0) is 58.3. The number of unbranched alkanes of at least 4 members (excludes halogenated alkanes) is 38. The van der Waals surface area contributed by atoms with Crippen molar-refractivity contribution in [1.82, 2.24) is 0 Å². The lowest BCUT2D eigenvalue weighted by Gasteiger charge is -2.25. The van der Waals surface area contributed by atoms with Crippen LogP contribution in [-0.2, 0) is 33.3 Å². The quantitative estimate of drug-likeness (QED) is 0.0211. The second-order valence-electron chi connectivity index (χ2n) is 24.1. The van der Waals surface area contributed by atoms with E-state index in [0.29, 0.717) is 11.0 Å². The van der Waals surface area contributed by atoms with Crippen LogP contribution in [0.2, 0.25) is 0 Å². The van der Waals surface area contributed by atoms with Crippen molar-refractivity contribution in [2.45, 2.75) is 328 Å². The minimum atomic E-state index is -1.51. The van der Waals surface area contributed by atoms with Crippen LogP contribution < -0.4 is 0 Å². The summed E-state index contributed by atoms with van der Waals surface area (Å²) < 4.78 is 22.9. The normalized spacial score (nSPS) is 13.1. The molecule has 466 valence electrons. The van der Waals surface area contributed by atoms with E-state index in [9.17, 15) is 19.5 Å². The fourth-order valence-corrected chi connectivity index (χ4v) is 9.76. The van der Waals surface area contributed by atoms with E-state index in [4.69, 9.17) is 18.9 Å². The molecule has 0 aromatic rings. The van der Waals surface area contributed by atoms with Crippen molar-refractivity contribution in [1.29, 1.82) is 0 Å². The monoisotopic (exact) mass is 1120 g/mol. The van der Waals surface area contributed by atoms with Crippen LogP contribution in [0.4, 0.5) is 0 Å². The highest BCUT2D eigenvalue weighted by molar-refractivity contribution is 5.71. The van der Waals surface area contributed by atoms with Crippen LogP contribution in [-0.4, -0.2) is 87.4 Å². The Hall–Kier alpha value is -3.01. The molecule has 0 heterocycles.